The number of likely N-dealkylation sites (tertiary alicyclic amines) is 1. The number of hydrogen-bond acceptors (Lipinski definition) is 4. The molecule has 2 aliphatic rings. The van der Waals surface area contributed by atoms with Crippen molar-refractivity contribution in [3.05, 3.63) is 24.2 Å². The van der Waals surface area contributed by atoms with Crippen LogP contribution in [0.2, 0.25) is 0 Å². The standard InChI is InChI=1S/C16H22N2O3/c1-11(14-8-5-9-21-14)17-13-10-15(19)18(16(13)20)12-6-3-2-4-7-12/h5,8-9,11-13,17H,2-4,6-7,10H2,1H3. The van der Waals surface area contributed by atoms with Crippen molar-refractivity contribution in [2.75, 3.05) is 0 Å². The fraction of sp³-hybridized carbons (Fsp3) is 0.625. The number of carbonyl (C=O) groups excluding carboxylic acids is 2. The van der Waals surface area contributed by atoms with E-state index >= 15 is 0 Å². The number of furan rings is 1. The molecule has 5 nitrogen and oxygen atoms in total. The summed E-state index contributed by atoms with van der Waals surface area (Å²) in [4.78, 5) is 26.3. The average Bonchev–Trinajstić information content (AvgIpc) is 3.09. The molecule has 114 valence electrons. The molecular formula is C16H22N2O3. The predicted octanol–water partition coefficient (Wildman–Crippen LogP) is 2.39. The monoisotopic (exact) mass is 290 g/mol. The highest BCUT2D eigenvalue weighted by atomic mass is 16.3. The van der Waals surface area contributed by atoms with Crippen molar-refractivity contribution in [3.63, 3.8) is 0 Å². The Morgan fingerprint density at radius 1 is 1.29 bits per heavy atom. The SMILES string of the molecule is CC(NC1CC(=O)N(C2CCCCC2)C1=O)c1ccco1. The van der Waals surface area contributed by atoms with Gasteiger partial charge in [0.15, 0.2) is 0 Å². The predicted molar refractivity (Wildman–Crippen MR) is 77.4 cm³/mol. The summed E-state index contributed by atoms with van der Waals surface area (Å²) in [6.45, 7) is 1.94. The van der Waals surface area contributed by atoms with Crippen molar-refractivity contribution in [1.82, 2.24) is 10.2 Å². The van der Waals surface area contributed by atoms with Gasteiger partial charge in [0.1, 0.15) is 5.76 Å². The topological polar surface area (TPSA) is 62.6 Å². The second kappa shape index (κ2) is 6.02. The first-order chi connectivity index (χ1) is 10.2. The molecule has 1 N–H and O–H groups in total. The highest BCUT2D eigenvalue weighted by Crippen LogP contribution is 2.28. The van der Waals surface area contributed by atoms with E-state index in [4.69, 9.17) is 4.42 Å². The molecule has 0 bridgehead atoms. The van der Waals surface area contributed by atoms with Gasteiger partial charge in [-0.1, -0.05) is 19.3 Å². The van der Waals surface area contributed by atoms with E-state index in [1.54, 1.807) is 6.26 Å². The van der Waals surface area contributed by atoms with Crippen LogP contribution in [-0.4, -0.2) is 28.8 Å². The van der Waals surface area contributed by atoms with Gasteiger partial charge < -0.3 is 4.42 Å². The Kier molecular flexibility index (Phi) is 4.10. The van der Waals surface area contributed by atoms with Crippen LogP contribution in [-0.2, 0) is 9.59 Å². The molecule has 1 saturated carbocycles. The summed E-state index contributed by atoms with van der Waals surface area (Å²) in [5.41, 5.74) is 0. The minimum Gasteiger partial charge on any atom is -0.468 e. The Morgan fingerprint density at radius 3 is 2.71 bits per heavy atom. The minimum atomic E-state index is -0.417. The summed E-state index contributed by atoms with van der Waals surface area (Å²) in [5.74, 6) is 0.688. The lowest BCUT2D eigenvalue weighted by Crippen LogP contribution is -2.45. The second-order valence-corrected chi connectivity index (χ2v) is 6.05. The van der Waals surface area contributed by atoms with Gasteiger partial charge in [-0.2, -0.15) is 0 Å². The summed E-state index contributed by atoms with van der Waals surface area (Å²) < 4.78 is 5.34. The summed E-state index contributed by atoms with van der Waals surface area (Å²) in [5, 5.41) is 3.22. The number of rotatable bonds is 4. The van der Waals surface area contributed by atoms with Crippen LogP contribution in [0.15, 0.2) is 22.8 Å². The number of amides is 2. The van der Waals surface area contributed by atoms with Crippen LogP contribution in [0.4, 0.5) is 0 Å². The van der Waals surface area contributed by atoms with Gasteiger partial charge in [-0.05, 0) is 31.9 Å². The van der Waals surface area contributed by atoms with Gasteiger partial charge in [-0.15, -0.1) is 0 Å². The normalized spacial score (nSPS) is 25.6. The first-order valence-electron chi connectivity index (χ1n) is 7.82. The maximum atomic E-state index is 12.5. The lowest BCUT2D eigenvalue weighted by molar-refractivity contribution is -0.142. The Labute approximate surface area is 124 Å². The Balaban J connectivity index is 1.65. The van der Waals surface area contributed by atoms with Crippen molar-refractivity contribution in [2.24, 2.45) is 0 Å². The molecule has 2 amide bonds. The number of carbonyl (C=O) groups is 2. The van der Waals surface area contributed by atoms with Gasteiger partial charge in [0, 0.05) is 6.04 Å². The first-order valence-corrected chi connectivity index (χ1v) is 7.82. The van der Waals surface area contributed by atoms with E-state index in [9.17, 15) is 9.59 Å². The number of nitrogens with zero attached hydrogens (tertiary/aromatic N) is 1. The average molecular weight is 290 g/mol. The van der Waals surface area contributed by atoms with Crippen LogP contribution in [0, 0.1) is 0 Å². The van der Waals surface area contributed by atoms with Crippen molar-refractivity contribution in [2.45, 2.75) is 63.6 Å². The van der Waals surface area contributed by atoms with Crippen molar-refractivity contribution in [3.8, 4) is 0 Å². The van der Waals surface area contributed by atoms with Gasteiger partial charge in [0.2, 0.25) is 11.8 Å². The largest absolute Gasteiger partial charge is 0.468 e. The maximum absolute atomic E-state index is 12.5. The summed E-state index contributed by atoms with van der Waals surface area (Å²) in [7, 11) is 0. The molecular weight excluding hydrogens is 268 g/mol. The smallest absolute Gasteiger partial charge is 0.247 e. The fourth-order valence-corrected chi connectivity index (χ4v) is 3.43. The Hall–Kier alpha value is -1.62. The van der Waals surface area contributed by atoms with Crippen molar-refractivity contribution in [1.29, 1.82) is 0 Å². The minimum absolute atomic E-state index is 0.0314. The Morgan fingerprint density at radius 2 is 2.05 bits per heavy atom. The van der Waals surface area contributed by atoms with Gasteiger partial charge in [0.05, 0.1) is 24.8 Å². The highest BCUT2D eigenvalue weighted by molar-refractivity contribution is 6.05. The van der Waals surface area contributed by atoms with E-state index < -0.39 is 6.04 Å². The zero-order valence-electron chi connectivity index (χ0n) is 12.4. The molecule has 0 spiro atoms. The fourth-order valence-electron chi connectivity index (χ4n) is 3.43. The lowest BCUT2D eigenvalue weighted by Gasteiger charge is -2.29. The number of nitrogens with one attached hydrogen (secondary N) is 1. The van der Waals surface area contributed by atoms with Crippen molar-refractivity contribution < 1.29 is 14.0 Å². The quantitative estimate of drug-likeness (QED) is 0.865. The molecule has 2 unspecified atom stereocenters. The van der Waals surface area contributed by atoms with Crippen LogP contribution in [0.3, 0.4) is 0 Å². The third-order valence-electron chi connectivity index (χ3n) is 4.54. The molecule has 2 fully saturated rings. The van der Waals surface area contributed by atoms with E-state index in [1.807, 2.05) is 19.1 Å². The van der Waals surface area contributed by atoms with E-state index in [2.05, 4.69) is 5.32 Å². The van der Waals surface area contributed by atoms with Crippen LogP contribution in [0.1, 0.15) is 57.3 Å². The van der Waals surface area contributed by atoms with Crippen LogP contribution < -0.4 is 5.32 Å². The molecule has 3 rings (SSSR count). The Bertz CT molecular complexity index is 506. The van der Waals surface area contributed by atoms with Crippen LogP contribution >= 0.6 is 0 Å². The highest BCUT2D eigenvalue weighted by Gasteiger charge is 2.42. The molecule has 0 aromatic carbocycles. The summed E-state index contributed by atoms with van der Waals surface area (Å²) in [6, 6.07) is 3.32. The first kappa shape index (κ1) is 14.3. The van der Waals surface area contributed by atoms with Gasteiger partial charge in [0.25, 0.3) is 0 Å². The maximum Gasteiger partial charge on any atom is 0.247 e. The third kappa shape index (κ3) is 2.88. The summed E-state index contributed by atoms with van der Waals surface area (Å²) in [6.07, 6.45) is 7.23. The molecule has 1 saturated heterocycles. The number of imide groups is 1. The van der Waals surface area contributed by atoms with Gasteiger partial charge >= 0.3 is 0 Å². The summed E-state index contributed by atoms with van der Waals surface area (Å²) >= 11 is 0. The zero-order chi connectivity index (χ0) is 14.8. The zero-order valence-corrected chi connectivity index (χ0v) is 12.4. The third-order valence-corrected chi connectivity index (χ3v) is 4.54. The molecule has 2 atom stereocenters. The molecule has 1 aliphatic carbocycles. The van der Waals surface area contributed by atoms with E-state index in [1.165, 1.54) is 11.3 Å². The molecule has 1 aromatic heterocycles. The van der Waals surface area contributed by atoms with E-state index in [0.717, 1.165) is 31.4 Å². The number of hydrogen-bond donors (Lipinski definition) is 1. The van der Waals surface area contributed by atoms with E-state index in [0.29, 0.717) is 0 Å². The molecule has 0 radical (unpaired) electrons. The van der Waals surface area contributed by atoms with E-state index in [-0.39, 0.29) is 30.3 Å². The van der Waals surface area contributed by atoms with Gasteiger partial charge in [-0.25, -0.2) is 0 Å². The second-order valence-electron chi connectivity index (χ2n) is 6.05. The molecule has 21 heavy (non-hydrogen) atoms. The molecule has 1 aliphatic heterocycles. The van der Waals surface area contributed by atoms with Crippen LogP contribution in [0.5, 0.6) is 0 Å². The van der Waals surface area contributed by atoms with Crippen LogP contribution in [0.25, 0.3) is 0 Å². The lowest BCUT2D eigenvalue weighted by atomic mass is 9.94. The molecule has 5 heteroatoms. The van der Waals surface area contributed by atoms with Crippen molar-refractivity contribution >= 4 is 11.8 Å². The molecule has 1 aromatic rings. The van der Waals surface area contributed by atoms with Gasteiger partial charge in [-0.3, -0.25) is 19.8 Å². The molecule has 2 heterocycles.